The van der Waals surface area contributed by atoms with Crippen molar-refractivity contribution in [2.45, 2.75) is 38.6 Å². The molecule has 0 saturated heterocycles. The first kappa shape index (κ1) is 6.79. The standard InChI is InChI=1S/C8H15N/c1-3-8(9-2)7-5-4-6-7/h7-8H,2-6H2,1H3/t8-/m1/s1. The first-order valence-electron chi connectivity index (χ1n) is 3.84. The minimum Gasteiger partial charge on any atom is -0.297 e. The molecule has 0 amide bonds. The van der Waals surface area contributed by atoms with Crippen LogP contribution in [0.3, 0.4) is 0 Å². The summed E-state index contributed by atoms with van der Waals surface area (Å²) in [6, 6.07) is 0.568. The van der Waals surface area contributed by atoms with E-state index in [1.807, 2.05) is 0 Å². The lowest BCUT2D eigenvalue weighted by Gasteiger charge is -2.30. The first-order chi connectivity index (χ1) is 4.38. The van der Waals surface area contributed by atoms with Gasteiger partial charge in [-0.2, -0.15) is 0 Å². The fourth-order valence-electron chi connectivity index (χ4n) is 1.44. The Bertz CT molecular complexity index is 94.7. The quantitative estimate of drug-likeness (QED) is 0.513. The smallest absolute Gasteiger partial charge is 0.0518 e. The van der Waals surface area contributed by atoms with Gasteiger partial charge in [0.2, 0.25) is 0 Å². The van der Waals surface area contributed by atoms with Gasteiger partial charge in [0.15, 0.2) is 0 Å². The number of hydrogen-bond acceptors (Lipinski definition) is 1. The fourth-order valence-corrected chi connectivity index (χ4v) is 1.44. The molecule has 1 fully saturated rings. The van der Waals surface area contributed by atoms with Crippen LogP contribution < -0.4 is 0 Å². The van der Waals surface area contributed by atoms with Crippen LogP contribution >= 0.6 is 0 Å². The van der Waals surface area contributed by atoms with E-state index in [0.29, 0.717) is 6.04 Å². The molecular formula is C8H15N. The van der Waals surface area contributed by atoms with Crippen LogP contribution in [0.15, 0.2) is 4.99 Å². The van der Waals surface area contributed by atoms with Crippen molar-refractivity contribution in [3.63, 3.8) is 0 Å². The average molecular weight is 125 g/mol. The van der Waals surface area contributed by atoms with Crippen LogP contribution in [0.4, 0.5) is 0 Å². The van der Waals surface area contributed by atoms with E-state index in [4.69, 9.17) is 0 Å². The summed E-state index contributed by atoms with van der Waals surface area (Å²) in [6.45, 7) is 5.78. The predicted molar refractivity (Wildman–Crippen MR) is 41.0 cm³/mol. The fraction of sp³-hybridized carbons (Fsp3) is 0.875. The summed E-state index contributed by atoms with van der Waals surface area (Å²) >= 11 is 0. The van der Waals surface area contributed by atoms with E-state index < -0.39 is 0 Å². The molecule has 1 rings (SSSR count). The number of nitrogens with zero attached hydrogens (tertiary/aromatic N) is 1. The van der Waals surface area contributed by atoms with Crippen molar-refractivity contribution in [1.82, 2.24) is 0 Å². The molecule has 0 aromatic heterocycles. The van der Waals surface area contributed by atoms with Gasteiger partial charge >= 0.3 is 0 Å². The molecule has 1 aliphatic carbocycles. The molecule has 0 heterocycles. The van der Waals surface area contributed by atoms with Crippen molar-refractivity contribution in [3.8, 4) is 0 Å². The zero-order valence-electron chi connectivity index (χ0n) is 6.14. The third-order valence-electron chi connectivity index (χ3n) is 2.35. The summed E-state index contributed by atoms with van der Waals surface area (Å²) < 4.78 is 0. The van der Waals surface area contributed by atoms with Gasteiger partial charge in [-0.3, -0.25) is 4.99 Å². The summed E-state index contributed by atoms with van der Waals surface area (Å²) in [5.41, 5.74) is 0. The highest BCUT2D eigenvalue weighted by Crippen LogP contribution is 2.32. The Morgan fingerprint density at radius 1 is 1.67 bits per heavy atom. The van der Waals surface area contributed by atoms with E-state index in [-0.39, 0.29) is 0 Å². The van der Waals surface area contributed by atoms with E-state index in [9.17, 15) is 0 Å². The SMILES string of the molecule is C=N[C@H](CC)C1CCC1. The van der Waals surface area contributed by atoms with Crippen LogP contribution in [0.25, 0.3) is 0 Å². The normalized spacial score (nSPS) is 22.8. The van der Waals surface area contributed by atoms with Gasteiger partial charge in [0.25, 0.3) is 0 Å². The molecule has 0 radical (unpaired) electrons. The van der Waals surface area contributed by atoms with Crippen LogP contribution in [0.5, 0.6) is 0 Å². The van der Waals surface area contributed by atoms with E-state index in [1.165, 1.54) is 25.7 Å². The summed E-state index contributed by atoms with van der Waals surface area (Å²) in [7, 11) is 0. The summed E-state index contributed by atoms with van der Waals surface area (Å²) in [5, 5.41) is 0. The number of rotatable bonds is 3. The Kier molecular flexibility index (Phi) is 2.26. The highest BCUT2D eigenvalue weighted by atomic mass is 14.8. The van der Waals surface area contributed by atoms with Gasteiger partial charge in [-0.1, -0.05) is 13.3 Å². The van der Waals surface area contributed by atoms with Crippen LogP contribution in [-0.4, -0.2) is 12.8 Å². The lowest BCUT2D eigenvalue weighted by molar-refractivity contribution is 0.259. The van der Waals surface area contributed by atoms with Crippen LogP contribution in [0.1, 0.15) is 32.6 Å². The predicted octanol–water partition coefficient (Wildman–Crippen LogP) is 2.27. The Hall–Kier alpha value is -0.330. The third kappa shape index (κ3) is 1.32. The molecule has 0 aliphatic heterocycles. The maximum Gasteiger partial charge on any atom is 0.0518 e. The van der Waals surface area contributed by atoms with E-state index >= 15 is 0 Å². The van der Waals surface area contributed by atoms with Gasteiger partial charge in [-0.05, 0) is 31.9 Å². The molecule has 0 aromatic carbocycles. The second-order valence-corrected chi connectivity index (χ2v) is 2.85. The Labute approximate surface area is 57.2 Å². The minimum atomic E-state index is 0.568. The van der Waals surface area contributed by atoms with E-state index in [1.54, 1.807) is 0 Å². The molecule has 52 valence electrons. The van der Waals surface area contributed by atoms with Crippen LogP contribution in [0, 0.1) is 5.92 Å². The molecule has 0 N–H and O–H groups in total. The molecule has 0 aromatic rings. The van der Waals surface area contributed by atoms with Gasteiger partial charge in [0, 0.05) is 0 Å². The lowest BCUT2D eigenvalue weighted by atomic mass is 9.79. The Balaban J connectivity index is 2.27. The molecule has 0 unspecified atom stereocenters. The molecule has 1 aliphatic rings. The minimum absolute atomic E-state index is 0.568. The van der Waals surface area contributed by atoms with Crippen molar-refractivity contribution in [2.24, 2.45) is 10.9 Å². The van der Waals surface area contributed by atoms with E-state index in [0.717, 1.165) is 5.92 Å². The van der Waals surface area contributed by atoms with Gasteiger partial charge in [-0.15, -0.1) is 0 Å². The van der Waals surface area contributed by atoms with Crippen molar-refractivity contribution >= 4 is 6.72 Å². The lowest BCUT2D eigenvalue weighted by Crippen LogP contribution is -2.24. The Morgan fingerprint density at radius 2 is 2.33 bits per heavy atom. The number of aliphatic imine (C=N–C) groups is 1. The second kappa shape index (κ2) is 3.00. The topological polar surface area (TPSA) is 12.4 Å². The van der Waals surface area contributed by atoms with Gasteiger partial charge in [-0.25, -0.2) is 0 Å². The molecule has 1 saturated carbocycles. The number of hydrogen-bond donors (Lipinski definition) is 0. The van der Waals surface area contributed by atoms with Gasteiger partial charge in [0.05, 0.1) is 6.04 Å². The molecule has 1 nitrogen and oxygen atoms in total. The zero-order chi connectivity index (χ0) is 6.69. The van der Waals surface area contributed by atoms with Crippen molar-refractivity contribution in [3.05, 3.63) is 0 Å². The van der Waals surface area contributed by atoms with Crippen molar-refractivity contribution in [2.75, 3.05) is 0 Å². The third-order valence-corrected chi connectivity index (χ3v) is 2.35. The molecule has 9 heavy (non-hydrogen) atoms. The van der Waals surface area contributed by atoms with Gasteiger partial charge in [0.1, 0.15) is 0 Å². The molecule has 0 spiro atoms. The first-order valence-corrected chi connectivity index (χ1v) is 3.84. The second-order valence-electron chi connectivity index (χ2n) is 2.85. The highest BCUT2D eigenvalue weighted by Gasteiger charge is 2.24. The maximum atomic E-state index is 4.08. The van der Waals surface area contributed by atoms with Crippen LogP contribution in [-0.2, 0) is 0 Å². The molecule has 0 bridgehead atoms. The summed E-state index contributed by atoms with van der Waals surface area (Å²) in [6.07, 6.45) is 5.36. The van der Waals surface area contributed by atoms with Gasteiger partial charge < -0.3 is 0 Å². The highest BCUT2D eigenvalue weighted by molar-refractivity contribution is 5.24. The zero-order valence-corrected chi connectivity index (χ0v) is 6.14. The summed E-state index contributed by atoms with van der Waals surface area (Å²) in [4.78, 5) is 4.08. The molecule has 1 heteroatoms. The summed E-state index contributed by atoms with van der Waals surface area (Å²) in [5.74, 6) is 0.882. The average Bonchev–Trinajstić information content (AvgIpc) is 1.78. The Morgan fingerprint density at radius 3 is 2.44 bits per heavy atom. The van der Waals surface area contributed by atoms with Crippen LogP contribution in [0.2, 0.25) is 0 Å². The monoisotopic (exact) mass is 125 g/mol. The maximum absolute atomic E-state index is 4.08. The van der Waals surface area contributed by atoms with E-state index in [2.05, 4.69) is 18.6 Å². The molecule has 1 atom stereocenters. The molecular weight excluding hydrogens is 110 g/mol. The van der Waals surface area contributed by atoms with Crippen molar-refractivity contribution < 1.29 is 0 Å². The largest absolute Gasteiger partial charge is 0.297 e. The van der Waals surface area contributed by atoms with Crippen molar-refractivity contribution in [1.29, 1.82) is 0 Å².